The molecule has 0 bridgehead atoms. The van der Waals surface area contributed by atoms with E-state index in [0.717, 1.165) is 11.1 Å². The molecular weight excluding hydrogens is 336 g/mol. The van der Waals surface area contributed by atoms with E-state index in [1.165, 1.54) is 0 Å². The summed E-state index contributed by atoms with van der Waals surface area (Å²) < 4.78 is 5.70. The summed E-state index contributed by atoms with van der Waals surface area (Å²) in [5.41, 5.74) is 2.42. The molecule has 0 aliphatic heterocycles. The highest BCUT2D eigenvalue weighted by atomic mass is 35.5. The van der Waals surface area contributed by atoms with Gasteiger partial charge in [-0.15, -0.1) is 0 Å². The van der Waals surface area contributed by atoms with Crippen LogP contribution in [-0.4, -0.2) is 10.9 Å². The van der Waals surface area contributed by atoms with E-state index in [-0.39, 0.29) is 18.4 Å². The first-order valence-corrected chi connectivity index (χ1v) is 8.48. The van der Waals surface area contributed by atoms with Gasteiger partial charge in [0.2, 0.25) is 11.8 Å². The van der Waals surface area contributed by atoms with Crippen molar-refractivity contribution in [3.05, 3.63) is 76.6 Å². The number of rotatable bonds is 5. The minimum Gasteiger partial charge on any atom is -0.441 e. The lowest BCUT2D eigenvalue weighted by molar-refractivity contribution is -0.121. The molecule has 1 aromatic heterocycles. The largest absolute Gasteiger partial charge is 0.441 e. The van der Waals surface area contributed by atoms with Crippen LogP contribution in [0.3, 0.4) is 0 Å². The van der Waals surface area contributed by atoms with Gasteiger partial charge < -0.3 is 9.73 Å². The lowest BCUT2D eigenvalue weighted by atomic mass is 10.1. The summed E-state index contributed by atoms with van der Waals surface area (Å²) in [4.78, 5) is 16.8. The second-order valence-corrected chi connectivity index (χ2v) is 6.28. The van der Waals surface area contributed by atoms with Gasteiger partial charge in [0.1, 0.15) is 5.76 Å². The van der Waals surface area contributed by atoms with Crippen LogP contribution in [0, 0.1) is 6.92 Å². The third kappa shape index (κ3) is 4.09. The van der Waals surface area contributed by atoms with Crippen LogP contribution in [0.15, 0.2) is 59.0 Å². The fourth-order valence-corrected chi connectivity index (χ4v) is 2.94. The second kappa shape index (κ2) is 7.53. The van der Waals surface area contributed by atoms with Crippen LogP contribution in [0.25, 0.3) is 11.5 Å². The number of oxazole rings is 1. The van der Waals surface area contributed by atoms with E-state index in [1.807, 2.05) is 68.4 Å². The number of nitrogens with zero attached hydrogens (tertiary/aromatic N) is 1. The highest BCUT2D eigenvalue weighted by molar-refractivity contribution is 6.31. The number of carbonyl (C=O) groups is 1. The highest BCUT2D eigenvalue weighted by Gasteiger charge is 2.17. The Morgan fingerprint density at radius 2 is 1.84 bits per heavy atom. The molecule has 25 heavy (non-hydrogen) atoms. The minimum atomic E-state index is -0.179. The van der Waals surface area contributed by atoms with Gasteiger partial charge in [-0.25, -0.2) is 4.98 Å². The molecule has 4 nitrogen and oxygen atoms in total. The number of hydrogen-bond acceptors (Lipinski definition) is 3. The average molecular weight is 355 g/mol. The first kappa shape index (κ1) is 17.2. The Bertz CT molecular complexity index is 874. The van der Waals surface area contributed by atoms with Gasteiger partial charge in [0.05, 0.1) is 18.2 Å². The maximum Gasteiger partial charge on any atom is 0.226 e. The SMILES string of the molecule is Cc1oc(-c2ccccc2)nc1CC(=O)NC(C)c1ccccc1Cl. The van der Waals surface area contributed by atoms with E-state index in [9.17, 15) is 4.79 Å². The van der Waals surface area contributed by atoms with Gasteiger partial charge >= 0.3 is 0 Å². The summed E-state index contributed by atoms with van der Waals surface area (Å²) >= 11 is 6.18. The van der Waals surface area contributed by atoms with Gasteiger partial charge in [-0.3, -0.25) is 4.79 Å². The number of amides is 1. The molecule has 0 saturated heterocycles. The monoisotopic (exact) mass is 354 g/mol. The Morgan fingerprint density at radius 1 is 1.16 bits per heavy atom. The van der Waals surface area contributed by atoms with Crippen molar-refractivity contribution in [1.29, 1.82) is 0 Å². The van der Waals surface area contributed by atoms with E-state index in [1.54, 1.807) is 0 Å². The zero-order valence-electron chi connectivity index (χ0n) is 14.1. The molecule has 0 fully saturated rings. The molecule has 5 heteroatoms. The van der Waals surface area contributed by atoms with Crippen molar-refractivity contribution in [1.82, 2.24) is 10.3 Å². The molecule has 0 radical (unpaired) electrons. The smallest absolute Gasteiger partial charge is 0.226 e. The predicted octanol–water partition coefficient (Wildman–Crippen LogP) is 4.72. The Balaban J connectivity index is 1.69. The lowest BCUT2D eigenvalue weighted by Gasteiger charge is -2.15. The Morgan fingerprint density at radius 3 is 2.56 bits per heavy atom. The predicted molar refractivity (Wildman–Crippen MR) is 98.4 cm³/mol. The normalized spacial score (nSPS) is 12.0. The average Bonchev–Trinajstić information content (AvgIpc) is 2.96. The van der Waals surface area contributed by atoms with Crippen molar-refractivity contribution in [3.8, 4) is 11.5 Å². The summed E-state index contributed by atoms with van der Waals surface area (Å²) in [5, 5.41) is 3.59. The molecule has 1 unspecified atom stereocenters. The third-order valence-corrected chi connectivity index (χ3v) is 4.33. The molecule has 0 spiro atoms. The van der Waals surface area contributed by atoms with Crippen molar-refractivity contribution in [2.75, 3.05) is 0 Å². The van der Waals surface area contributed by atoms with E-state index in [2.05, 4.69) is 10.3 Å². The number of aryl methyl sites for hydroxylation is 1. The van der Waals surface area contributed by atoms with Crippen LogP contribution < -0.4 is 5.32 Å². The molecule has 128 valence electrons. The molecule has 0 aliphatic rings. The van der Waals surface area contributed by atoms with Gasteiger partial charge in [-0.05, 0) is 37.6 Å². The maximum atomic E-state index is 12.4. The van der Waals surface area contributed by atoms with Crippen molar-refractivity contribution < 1.29 is 9.21 Å². The Kier molecular flexibility index (Phi) is 5.19. The highest BCUT2D eigenvalue weighted by Crippen LogP contribution is 2.23. The van der Waals surface area contributed by atoms with Gasteiger partial charge in [-0.2, -0.15) is 0 Å². The van der Waals surface area contributed by atoms with E-state index < -0.39 is 0 Å². The third-order valence-electron chi connectivity index (χ3n) is 3.99. The first-order valence-electron chi connectivity index (χ1n) is 8.10. The van der Waals surface area contributed by atoms with Crippen molar-refractivity contribution in [2.24, 2.45) is 0 Å². The Labute approximate surface area is 151 Å². The second-order valence-electron chi connectivity index (χ2n) is 5.88. The first-order chi connectivity index (χ1) is 12.0. The van der Waals surface area contributed by atoms with Crippen LogP contribution in [0.4, 0.5) is 0 Å². The fraction of sp³-hybridized carbons (Fsp3) is 0.200. The molecule has 2 aromatic carbocycles. The van der Waals surface area contributed by atoms with Gasteiger partial charge in [-0.1, -0.05) is 48.0 Å². The summed E-state index contributed by atoms with van der Waals surface area (Å²) in [6.45, 7) is 3.73. The van der Waals surface area contributed by atoms with Gasteiger partial charge in [0.25, 0.3) is 0 Å². The molecule has 3 aromatic rings. The van der Waals surface area contributed by atoms with E-state index in [0.29, 0.717) is 22.4 Å². The molecule has 0 aliphatic carbocycles. The molecule has 1 amide bonds. The zero-order valence-corrected chi connectivity index (χ0v) is 14.9. The van der Waals surface area contributed by atoms with Crippen molar-refractivity contribution in [3.63, 3.8) is 0 Å². The number of hydrogen-bond donors (Lipinski definition) is 1. The van der Waals surface area contributed by atoms with E-state index >= 15 is 0 Å². The molecular formula is C20H19ClN2O2. The summed E-state index contributed by atoms with van der Waals surface area (Å²) in [6, 6.07) is 16.9. The molecule has 1 heterocycles. The number of carbonyl (C=O) groups excluding carboxylic acids is 1. The quantitative estimate of drug-likeness (QED) is 0.721. The van der Waals surface area contributed by atoms with Gasteiger partial charge in [0.15, 0.2) is 0 Å². The fourth-order valence-electron chi connectivity index (χ4n) is 2.64. The zero-order chi connectivity index (χ0) is 17.8. The maximum absolute atomic E-state index is 12.4. The molecule has 3 rings (SSSR count). The van der Waals surface area contributed by atoms with Crippen LogP contribution in [-0.2, 0) is 11.2 Å². The van der Waals surface area contributed by atoms with Crippen LogP contribution in [0.1, 0.15) is 30.0 Å². The topological polar surface area (TPSA) is 55.1 Å². The minimum absolute atomic E-state index is 0.122. The van der Waals surface area contributed by atoms with Gasteiger partial charge in [0, 0.05) is 10.6 Å². The Hall–Kier alpha value is -2.59. The standard InChI is InChI=1S/C20H19ClN2O2/c1-13(16-10-6-7-11-17(16)21)22-19(24)12-18-14(2)25-20(23-18)15-8-4-3-5-9-15/h3-11,13H,12H2,1-2H3,(H,22,24). The molecule has 0 saturated carbocycles. The number of aromatic nitrogens is 1. The van der Waals surface area contributed by atoms with Crippen LogP contribution in [0.5, 0.6) is 0 Å². The summed E-state index contributed by atoms with van der Waals surface area (Å²) in [7, 11) is 0. The van der Waals surface area contributed by atoms with Crippen molar-refractivity contribution in [2.45, 2.75) is 26.3 Å². The number of benzene rings is 2. The number of halogens is 1. The summed E-state index contributed by atoms with van der Waals surface area (Å²) in [5.74, 6) is 1.06. The van der Waals surface area contributed by atoms with E-state index in [4.69, 9.17) is 16.0 Å². The van der Waals surface area contributed by atoms with Crippen LogP contribution in [0.2, 0.25) is 5.02 Å². The molecule has 1 atom stereocenters. The summed E-state index contributed by atoms with van der Waals surface area (Å²) in [6.07, 6.45) is 0.164. The van der Waals surface area contributed by atoms with Crippen LogP contribution >= 0.6 is 11.6 Å². The lowest BCUT2D eigenvalue weighted by Crippen LogP contribution is -2.28. The molecule has 1 N–H and O–H groups in total. The van der Waals surface area contributed by atoms with Crippen molar-refractivity contribution >= 4 is 17.5 Å². The number of nitrogens with one attached hydrogen (secondary N) is 1.